The van der Waals surface area contributed by atoms with Gasteiger partial charge in [0.15, 0.2) is 17.5 Å². The zero-order valence-corrected chi connectivity index (χ0v) is 31.3. The van der Waals surface area contributed by atoms with Crippen molar-refractivity contribution in [3.63, 3.8) is 0 Å². The molecule has 9 aromatic carbocycles. The van der Waals surface area contributed by atoms with E-state index >= 15 is 0 Å². The molecule has 270 valence electrons. The third kappa shape index (κ3) is 4.93. The Morgan fingerprint density at radius 1 is 0.310 bits per heavy atom. The van der Waals surface area contributed by atoms with Crippen LogP contribution in [0.15, 0.2) is 200 Å². The van der Waals surface area contributed by atoms with Gasteiger partial charge in [0, 0.05) is 49.3 Å². The van der Waals surface area contributed by atoms with Crippen molar-refractivity contribution in [2.45, 2.75) is 0 Å². The Morgan fingerprint density at radius 3 is 1.66 bits per heavy atom. The van der Waals surface area contributed by atoms with E-state index in [4.69, 9.17) is 15.0 Å². The van der Waals surface area contributed by atoms with E-state index in [1.54, 1.807) is 0 Å². The van der Waals surface area contributed by atoms with Gasteiger partial charge in [0.2, 0.25) is 0 Å². The van der Waals surface area contributed by atoms with Crippen molar-refractivity contribution in [1.82, 2.24) is 24.1 Å². The second-order valence-corrected chi connectivity index (χ2v) is 14.8. The van der Waals surface area contributed by atoms with Crippen molar-refractivity contribution in [3.05, 3.63) is 200 Å². The fraction of sp³-hybridized carbons (Fsp3) is 0. The van der Waals surface area contributed by atoms with Crippen LogP contribution in [0.3, 0.4) is 0 Å². The number of benzene rings is 9. The van der Waals surface area contributed by atoms with Crippen molar-refractivity contribution < 1.29 is 0 Å². The molecule has 0 spiro atoms. The highest BCUT2D eigenvalue weighted by Crippen LogP contribution is 2.41. The number of fused-ring (bicyclic) bond motifs is 8. The number of hydrogen-bond donors (Lipinski definition) is 0. The minimum absolute atomic E-state index is 0.628. The van der Waals surface area contributed by atoms with Crippen LogP contribution in [0.1, 0.15) is 0 Å². The Kier molecular flexibility index (Phi) is 7.16. The minimum atomic E-state index is 0.628. The zero-order chi connectivity index (χ0) is 38.2. The predicted octanol–water partition coefficient (Wildman–Crippen LogP) is 13.4. The lowest BCUT2D eigenvalue weighted by Gasteiger charge is -2.15. The molecule has 0 amide bonds. The molecule has 3 aromatic heterocycles. The average molecular weight is 740 g/mol. The highest BCUT2D eigenvalue weighted by Gasteiger charge is 2.22. The maximum atomic E-state index is 5.38. The van der Waals surface area contributed by atoms with Gasteiger partial charge in [-0.3, -0.25) is 0 Å². The van der Waals surface area contributed by atoms with E-state index in [-0.39, 0.29) is 0 Å². The average Bonchev–Trinajstić information content (AvgIpc) is 3.80. The molecule has 5 heteroatoms. The quantitative estimate of drug-likeness (QED) is 0.177. The first-order valence-electron chi connectivity index (χ1n) is 19.6. The number of hydrogen-bond acceptors (Lipinski definition) is 3. The molecule has 0 unspecified atom stereocenters. The number of aromatic nitrogens is 5. The summed E-state index contributed by atoms with van der Waals surface area (Å²) in [6.07, 6.45) is 0. The number of para-hydroxylation sites is 3. The molecule has 0 aliphatic carbocycles. The smallest absolute Gasteiger partial charge is 0.164 e. The monoisotopic (exact) mass is 739 g/mol. The summed E-state index contributed by atoms with van der Waals surface area (Å²) < 4.78 is 4.75. The van der Waals surface area contributed by atoms with Gasteiger partial charge in [-0.05, 0) is 70.8 Å². The fourth-order valence-corrected chi connectivity index (χ4v) is 8.98. The van der Waals surface area contributed by atoms with Crippen LogP contribution < -0.4 is 0 Å². The van der Waals surface area contributed by atoms with Gasteiger partial charge in [0.05, 0.1) is 27.8 Å². The van der Waals surface area contributed by atoms with E-state index in [2.05, 4.69) is 191 Å². The first-order valence-corrected chi connectivity index (χ1v) is 19.6. The van der Waals surface area contributed by atoms with Crippen LogP contribution in [0, 0.1) is 0 Å². The maximum Gasteiger partial charge on any atom is 0.164 e. The molecular weight excluding hydrogens is 707 g/mol. The number of nitrogens with zero attached hydrogens (tertiary/aromatic N) is 5. The molecule has 0 N–H and O–H groups in total. The molecule has 0 fully saturated rings. The largest absolute Gasteiger partial charge is 0.309 e. The van der Waals surface area contributed by atoms with Gasteiger partial charge in [-0.1, -0.05) is 146 Å². The van der Waals surface area contributed by atoms with E-state index in [1.807, 2.05) is 18.2 Å². The molecule has 3 heterocycles. The van der Waals surface area contributed by atoms with Gasteiger partial charge < -0.3 is 9.13 Å². The summed E-state index contributed by atoms with van der Waals surface area (Å²) in [5.41, 5.74) is 9.64. The topological polar surface area (TPSA) is 48.5 Å². The van der Waals surface area contributed by atoms with Crippen LogP contribution in [0.25, 0.3) is 111 Å². The van der Waals surface area contributed by atoms with Crippen molar-refractivity contribution in [1.29, 1.82) is 0 Å². The van der Waals surface area contributed by atoms with Crippen LogP contribution in [0.4, 0.5) is 0 Å². The Balaban J connectivity index is 1.12. The van der Waals surface area contributed by atoms with Gasteiger partial charge >= 0.3 is 0 Å². The molecular formula is C53H33N5. The van der Waals surface area contributed by atoms with Crippen molar-refractivity contribution in [2.24, 2.45) is 0 Å². The van der Waals surface area contributed by atoms with Crippen molar-refractivity contribution >= 4 is 65.2 Å². The van der Waals surface area contributed by atoms with E-state index in [9.17, 15) is 0 Å². The van der Waals surface area contributed by atoms with Gasteiger partial charge in [0.1, 0.15) is 0 Å². The molecule has 12 rings (SSSR count). The molecule has 0 radical (unpaired) electrons. The Labute approximate surface area is 333 Å². The van der Waals surface area contributed by atoms with E-state index in [0.29, 0.717) is 17.5 Å². The van der Waals surface area contributed by atoms with E-state index in [0.717, 1.165) is 60.6 Å². The summed E-state index contributed by atoms with van der Waals surface area (Å²) >= 11 is 0. The van der Waals surface area contributed by atoms with E-state index in [1.165, 1.54) is 32.6 Å². The summed E-state index contributed by atoms with van der Waals surface area (Å²) in [4.78, 5) is 15.8. The first-order chi connectivity index (χ1) is 28.8. The van der Waals surface area contributed by atoms with Crippen LogP contribution in [0.5, 0.6) is 0 Å². The lowest BCUT2D eigenvalue weighted by Crippen LogP contribution is -2.02. The molecule has 0 aliphatic heterocycles. The molecule has 0 aliphatic rings. The Hall–Kier alpha value is -7.89. The SMILES string of the molecule is c1ccc(-c2nc(-c3ccc(-n4c5ccccc5c5cc6ccccc6cc54)c4ccccc34)nc(-c3cccc4c3c3ccccc3n4-c3ccccc3)n2)cc1. The first kappa shape index (κ1) is 32.4. The standard InChI is InChI=1S/C53H33N5/c1-3-16-34(17-4-1)51-54-52(56-53(55-51)43-26-15-29-48-50(43)42-25-12-14-28-46(42)57(48)37-20-5-2-6-21-37)41-30-31-47(39-23-10-9-22-38(39)41)58-45-27-13-11-24-40(45)44-32-35-18-7-8-19-36(35)33-49(44)58/h1-33H. The summed E-state index contributed by atoms with van der Waals surface area (Å²) in [6, 6.07) is 70.8. The summed E-state index contributed by atoms with van der Waals surface area (Å²) in [5.74, 6) is 1.89. The molecule has 0 bridgehead atoms. The lowest BCUT2D eigenvalue weighted by atomic mass is 10.0. The van der Waals surface area contributed by atoms with Gasteiger partial charge in [-0.2, -0.15) is 0 Å². The molecule has 0 atom stereocenters. The zero-order valence-electron chi connectivity index (χ0n) is 31.3. The fourth-order valence-electron chi connectivity index (χ4n) is 8.98. The number of rotatable bonds is 5. The molecule has 58 heavy (non-hydrogen) atoms. The van der Waals surface area contributed by atoms with Crippen molar-refractivity contribution in [3.8, 4) is 45.5 Å². The highest BCUT2D eigenvalue weighted by atomic mass is 15.0. The second-order valence-electron chi connectivity index (χ2n) is 14.8. The van der Waals surface area contributed by atoms with Gasteiger partial charge in [-0.25, -0.2) is 15.0 Å². The van der Waals surface area contributed by atoms with Crippen molar-refractivity contribution in [2.75, 3.05) is 0 Å². The van der Waals surface area contributed by atoms with Crippen LogP contribution in [-0.4, -0.2) is 24.1 Å². The Bertz CT molecular complexity index is 3560. The summed E-state index contributed by atoms with van der Waals surface area (Å²) in [7, 11) is 0. The molecule has 0 saturated carbocycles. The highest BCUT2D eigenvalue weighted by molar-refractivity contribution is 6.16. The third-order valence-corrected chi connectivity index (χ3v) is 11.5. The predicted molar refractivity (Wildman–Crippen MR) is 240 cm³/mol. The van der Waals surface area contributed by atoms with Crippen LogP contribution >= 0.6 is 0 Å². The maximum absolute atomic E-state index is 5.38. The normalized spacial score (nSPS) is 11.8. The molecule has 0 saturated heterocycles. The Morgan fingerprint density at radius 2 is 0.879 bits per heavy atom. The molecule has 5 nitrogen and oxygen atoms in total. The molecule has 12 aromatic rings. The van der Waals surface area contributed by atoms with Crippen LogP contribution in [0.2, 0.25) is 0 Å². The third-order valence-electron chi connectivity index (χ3n) is 11.5. The second kappa shape index (κ2) is 12.8. The van der Waals surface area contributed by atoms with Gasteiger partial charge in [-0.15, -0.1) is 0 Å². The van der Waals surface area contributed by atoms with Crippen LogP contribution in [-0.2, 0) is 0 Å². The summed E-state index contributed by atoms with van der Waals surface area (Å²) in [6.45, 7) is 0. The minimum Gasteiger partial charge on any atom is -0.309 e. The summed E-state index contributed by atoms with van der Waals surface area (Å²) in [5, 5.41) is 9.36. The van der Waals surface area contributed by atoms with E-state index < -0.39 is 0 Å². The van der Waals surface area contributed by atoms with Gasteiger partial charge in [0.25, 0.3) is 0 Å². The lowest BCUT2D eigenvalue weighted by molar-refractivity contribution is 1.08.